The zero-order valence-corrected chi connectivity index (χ0v) is 12.6. The van der Waals surface area contributed by atoms with Crippen molar-refractivity contribution in [3.8, 4) is 0 Å². The molecule has 0 aliphatic heterocycles. The molecule has 8 N–H and O–H groups in total. The summed E-state index contributed by atoms with van der Waals surface area (Å²) < 4.78 is 0. The monoisotopic (exact) mass is 321 g/mol. The Morgan fingerprint density at radius 3 is 1.55 bits per heavy atom. The molecule has 10 heteroatoms. The van der Waals surface area contributed by atoms with Crippen LogP contribution in [0, 0.1) is 0 Å². The molecule has 128 valence electrons. The van der Waals surface area contributed by atoms with E-state index in [1.165, 1.54) is 20.8 Å². The van der Waals surface area contributed by atoms with E-state index in [1.807, 2.05) is 5.32 Å². The topological polar surface area (TPSA) is 182 Å². The van der Waals surface area contributed by atoms with Gasteiger partial charge in [0.1, 0.15) is 12.1 Å². The first kappa shape index (κ1) is 20.2. The number of aliphatic hydroxyl groups excluding tert-OH is 3. The van der Waals surface area contributed by atoms with Crippen molar-refractivity contribution in [1.29, 1.82) is 0 Å². The second kappa shape index (κ2) is 8.63. The van der Waals surface area contributed by atoms with Crippen molar-refractivity contribution in [3.05, 3.63) is 0 Å². The van der Waals surface area contributed by atoms with Crippen molar-refractivity contribution in [2.75, 3.05) is 0 Å². The Morgan fingerprint density at radius 2 is 1.23 bits per heavy atom. The van der Waals surface area contributed by atoms with Gasteiger partial charge in [-0.1, -0.05) is 0 Å². The molecule has 0 aromatic carbocycles. The number of carboxylic acid groups (broad SMARTS) is 1. The van der Waals surface area contributed by atoms with E-state index in [-0.39, 0.29) is 0 Å². The van der Waals surface area contributed by atoms with E-state index in [1.54, 1.807) is 0 Å². The zero-order chi connectivity index (χ0) is 17.6. The predicted octanol–water partition coefficient (Wildman–Crippen LogP) is -3.49. The minimum Gasteiger partial charge on any atom is -0.480 e. The fraction of sp³-hybridized carbons (Fsp3) is 0.750. The number of nitrogens with one attached hydrogen (secondary N) is 2. The maximum absolute atomic E-state index is 12.0. The molecule has 0 aromatic rings. The van der Waals surface area contributed by atoms with Crippen molar-refractivity contribution in [1.82, 2.24) is 10.6 Å². The lowest BCUT2D eigenvalue weighted by molar-refractivity contribution is -0.145. The number of hydrogen-bond donors (Lipinski definition) is 7. The molecule has 2 amide bonds. The predicted molar refractivity (Wildman–Crippen MR) is 74.5 cm³/mol. The van der Waals surface area contributed by atoms with Crippen LogP contribution < -0.4 is 16.4 Å². The lowest BCUT2D eigenvalue weighted by atomic mass is 10.1. The average molecular weight is 321 g/mol. The highest BCUT2D eigenvalue weighted by atomic mass is 16.4. The summed E-state index contributed by atoms with van der Waals surface area (Å²) in [5.41, 5.74) is 5.40. The highest BCUT2D eigenvalue weighted by molar-refractivity contribution is 5.92. The molecule has 22 heavy (non-hydrogen) atoms. The van der Waals surface area contributed by atoms with Gasteiger partial charge in [0, 0.05) is 0 Å². The molecule has 0 saturated heterocycles. The van der Waals surface area contributed by atoms with E-state index >= 15 is 0 Å². The zero-order valence-electron chi connectivity index (χ0n) is 12.6. The highest BCUT2D eigenvalue weighted by Crippen LogP contribution is 2.00. The summed E-state index contributed by atoms with van der Waals surface area (Å²) in [7, 11) is 0. The van der Waals surface area contributed by atoms with Gasteiger partial charge in [0.05, 0.1) is 18.3 Å². The van der Waals surface area contributed by atoms with E-state index < -0.39 is 54.2 Å². The van der Waals surface area contributed by atoms with Gasteiger partial charge in [0.2, 0.25) is 11.8 Å². The van der Waals surface area contributed by atoms with Crippen molar-refractivity contribution >= 4 is 17.8 Å². The minimum absolute atomic E-state index is 0.889. The smallest absolute Gasteiger partial charge is 0.328 e. The molecule has 0 aliphatic carbocycles. The molecular weight excluding hydrogens is 298 g/mol. The first-order valence-electron chi connectivity index (χ1n) is 6.62. The third kappa shape index (κ3) is 5.93. The third-order valence-electron chi connectivity index (χ3n) is 2.93. The van der Waals surface area contributed by atoms with Crippen LogP contribution >= 0.6 is 0 Å². The molecule has 0 radical (unpaired) electrons. The lowest BCUT2D eigenvalue weighted by Gasteiger charge is -2.25. The molecule has 10 nitrogen and oxygen atoms in total. The van der Waals surface area contributed by atoms with Crippen molar-refractivity contribution in [2.24, 2.45) is 5.73 Å². The van der Waals surface area contributed by atoms with E-state index in [9.17, 15) is 29.7 Å². The van der Waals surface area contributed by atoms with Gasteiger partial charge in [-0.25, -0.2) is 4.79 Å². The Balaban J connectivity index is 4.99. The molecule has 0 fully saturated rings. The fourth-order valence-electron chi connectivity index (χ4n) is 1.51. The normalized spacial score (nSPS) is 19.2. The number of aliphatic hydroxyl groups is 3. The van der Waals surface area contributed by atoms with Crippen LogP contribution in [0.4, 0.5) is 0 Å². The number of nitrogens with two attached hydrogens (primary N) is 1. The van der Waals surface area contributed by atoms with Gasteiger partial charge >= 0.3 is 5.97 Å². The van der Waals surface area contributed by atoms with Crippen molar-refractivity contribution in [3.63, 3.8) is 0 Å². The van der Waals surface area contributed by atoms with Crippen LogP contribution in [0.5, 0.6) is 0 Å². The molecule has 0 aromatic heterocycles. The second-order valence-electron chi connectivity index (χ2n) is 5.06. The van der Waals surface area contributed by atoms with E-state index in [0.717, 1.165) is 0 Å². The summed E-state index contributed by atoms with van der Waals surface area (Å²) in [6, 6.07) is -4.41. The van der Waals surface area contributed by atoms with Gasteiger partial charge < -0.3 is 36.8 Å². The third-order valence-corrected chi connectivity index (χ3v) is 2.93. The van der Waals surface area contributed by atoms with Gasteiger partial charge in [-0.3, -0.25) is 9.59 Å². The minimum atomic E-state index is -1.60. The Bertz CT molecular complexity index is 412. The first-order valence-corrected chi connectivity index (χ1v) is 6.62. The van der Waals surface area contributed by atoms with Crippen LogP contribution in [0.15, 0.2) is 0 Å². The van der Waals surface area contributed by atoms with Crippen LogP contribution in [0.3, 0.4) is 0 Å². The van der Waals surface area contributed by atoms with Crippen molar-refractivity contribution < 1.29 is 34.8 Å². The summed E-state index contributed by atoms with van der Waals surface area (Å²) >= 11 is 0. The number of aliphatic carboxylic acids is 1. The first-order chi connectivity index (χ1) is 9.98. The van der Waals surface area contributed by atoms with E-state index in [0.29, 0.717) is 0 Å². The molecule has 0 unspecified atom stereocenters. The molecule has 6 atom stereocenters. The summed E-state index contributed by atoms with van der Waals surface area (Å²) in [5, 5.41) is 41.1. The van der Waals surface area contributed by atoms with Gasteiger partial charge in [0.15, 0.2) is 6.04 Å². The highest BCUT2D eigenvalue weighted by Gasteiger charge is 2.33. The number of carboxylic acids is 1. The number of hydrogen-bond acceptors (Lipinski definition) is 7. The SMILES string of the molecule is C[C@H](O)[C@H](N)C(=O)N[C@H](C(=O)N[C@H](C(=O)O)[C@@H](C)O)[C@@H](C)O. The average Bonchev–Trinajstić information content (AvgIpc) is 2.39. The van der Waals surface area contributed by atoms with E-state index in [2.05, 4.69) is 5.32 Å². The molecule has 0 bridgehead atoms. The number of carbonyl (C=O) groups excluding carboxylic acids is 2. The Kier molecular flexibility index (Phi) is 7.95. The molecule has 0 heterocycles. The Morgan fingerprint density at radius 1 is 0.818 bits per heavy atom. The summed E-state index contributed by atoms with van der Waals surface area (Å²) in [6.07, 6.45) is -3.91. The fourth-order valence-corrected chi connectivity index (χ4v) is 1.51. The summed E-state index contributed by atoms with van der Waals surface area (Å²) in [6.45, 7) is 3.64. The van der Waals surface area contributed by atoms with Gasteiger partial charge in [-0.05, 0) is 20.8 Å². The van der Waals surface area contributed by atoms with Crippen LogP contribution in [-0.2, 0) is 14.4 Å². The van der Waals surface area contributed by atoms with Crippen LogP contribution in [0.25, 0.3) is 0 Å². The maximum atomic E-state index is 12.0. The Labute approximate surface area is 127 Å². The summed E-state index contributed by atoms with van der Waals surface area (Å²) in [5.74, 6) is -3.37. The van der Waals surface area contributed by atoms with Gasteiger partial charge in [0.25, 0.3) is 0 Å². The van der Waals surface area contributed by atoms with Gasteiger partial charge in [-0.15, -0.1) is 0 Å². The largest absolute Gasteiger partial charge is 0.480 e. The van der Waals surface area contributed by atoms with E-state index in [4.69, 9.17) is 10.8 Å². The number of amides is 2. The summed E-state index contributed by atoms with van der Waals surface area (Å²) in [4.78, 5) is 34.6. The molecular formula is C12H23N3O7. The van der Waals surface area contributed by atoms with Crippen LogP contribution in [0.1, 0.15) is 20.8 Å². The standard InChI is InChI=1S/C12H23N3O7/c1-4(16)7(13)10(19)14-8(5(2)17)11(20)15-9(6(3)18)12(21)22/h4-9,16-18H,13H2,1-3H3,(H,14,19)(H,15,20)(H,21,22)/t4-,5+,6+,7-,8-,9-/m0/s1. The maximum Gasteiger partial charge on any atom is 0.328 e. The second-order valence-corrected chi connectivity index (χ2v) is 5.06. The number of rotatable bonds is 8. The lowest BCUT2D eigenvalue weighted by Crippen LogP contribution is -2.60. The quantitative estimate of drug-likeness (QED) is 0.240. The Hall–Kier alpha value is -1.75. The molecule has 0 spiro atoms. The number of carbonyl (C=O) groups is 3. The molecule has 0 saturated carbocycles. The molecule has 0 aliphatic rings. The van der Waals surface area contributed by atoms with Crippen LogP contribution in [-0.4, -0.2) is 74.6 Å². The van der Waals surface area contributed by atoms with Crippen LogP contribution in [0.2, 0.25) is 0 Å². The van der Waals surface area contributed by atoms with Gasteiger partial charge in [-0.2, -0.15) is 0 Å². The van der Waals surface area contributed by atoms with Crippen molar-refractivity contribution in [2.45, 2.75) is 57.2 Å². The molecule has 0 rings (SSSR count).